The van der Waals surface area contributed by atoms with Gasteiger partial charge >= 0.3 is 0 Å². The highest BCUT2D eigenvalue weighted by atomic mass is 19.1. The molecule has 0 saturated carbocycles. The van der Waals surface area contributed by atoms with Crippen molar-refractivity contribution >= 4 is 5.84 Å². The first-order valence-electron chi connectivity index (χ1n) is 6.05. The highest BCUT2D eigenvalue weighted by molar-refractivity contribution is 5.93. The number of hydrogen-bond acceptors (Lipinski definition) is 2. The fraction of sp³-hybridized carbons (Fsp3) is 0.267. The monoisotopic (exact) mass is 259 g/mol. The normalized spacial score (nSPS) is 12.3. The maximum Gasteiger partial charge on any atom is 0.136 e. The zero-order valence-electron chi connectivity index (χ0n) is 11.0. The molecule has 19 heavy (non-hydrogen) atoms. The minimum atomic E-state index is -0.265. The Hall–Kier alpha value is -2.12. The molecule has 0 spiro atoms. The first-order valence-corrected chi connectivity index (χ1v) is 6.05. The Bertz CT molecular complexity index is 512. The molecule has 0 heterocycles. The van der Waals surface area contributed by atoms with Gasteiger partial charge in [0, 0.05) is 11.6 Å². The van der Waals surface area contributed by atoms with E-state index in [1.165, 1.54) is 6.07 Å². The van der Waals surface area contributed by atoms with Crippen molar-refractivity contribution in [1.82, 2.24) is 5.32 Å². The molecule has 0 amide bonds. The molecule has 1 atom stereocenters. The minimum Gasteiger partial charge on any atom is -0.362 e. The number of nitrogens with two attached hydrogens (primary N) is 1. The van der Waals surface area contributed by atoms with Gasteiger partial charge in [-0.05, 0) is 32.0 Å². The van der Waals surface area contributed by atoms with Crippen LogP contribution < -0.4 is 11.1 Å². The molecular weight excluding hydrogens is 241 g/mol. The van der Waals surface area contributed by atoms with E-state index in [0.717, 1.165) is 0 Å². The largest absolute Gasteiger partial charge is 0.362 e. The van der Waals surface area contributed by atoms with Gasteiger partial charge in [0.25, 0.3) is 0 Å². The lowest BCUT2D eigenvalue weighted by Crippen LogP contribution is -2.29. The van der Waals surface area contributed by atoms with Crippen LogP contribution >= 0.6 is 0 Å². The molecule has 1 rings (SSSR count). The van der Waals surface area contributed by atoms with E-state index in [1.807, 2.05) is 0 Å². The topological polar surface area (TPSA) is 50.4 Å². The summed E-state index contributed by atoms with van der Waals surface area (Å²) >= 11 is 0. The summed E-state index contributed by atoms with van der Waals surface area (Å²) in [5.41, 5.74) is 6.14. The molecule has 4 heteroatoms. The fourth-order valence-corrected chi connectivity index (χ4v) is 1.66. The summed E-state index contributed by atoms with van der Waals surface area (Å²) in [4.78, 5) is 4.00. The van der Waals surface area contributed by atoms with Crippen molar-refractivity contribution in [2.45, 2.75) is 19.4 Å². The predicted octanol–water partition coefficient (Wildman–Crippen LogP) is 2.37. The van der Waals surface area contributed by atoms with Crippen LogP contribution in [0.4, 0.5) is 4.39 Å². The summed E-state index contributed by atoms with van der Waals surface area (Å²) in [5, 5.41) is 3.11. The molecule has 0 fully saturated rings. The van der Waals surface area contributed by atoms with E-state index in [4.69, 9.17) is 5.73 Å². The molecule has 100 valence electrons. The molecule has 3 nitrogen and oxygen atoms in total. The van der Waals surface area contributed by atoms with Gasteiger partial charge in [0.1, 0.15) is 11.7 Å². The van der Waals surface area contributed by atoms with Gasteiger partial charge in [0.15, 0.2) is 0 Å². The molecule has 0 saturated heterocycles. The molecule has 1 aromatic carbocycles. The fourth-order valence-electron chi connectivity index (χ4n) is 1.66. The molecule has 1 aromatic rings. The molecule has 1 unspecified atom stereocenters. The Balaban J connectivity index is 2.97. The molecule has 0 aliphatic carbocycles. The lowest BCUT2D eigenvalue weighted by atomic mass is 10.0. The second kappa shape index (κ2) is 8.06. The van der Waals surface area contributed by atoms with Gasteiger partial charge in [-0.15, -0.1) is 0 Å². The standard InChI is InChI=1S/C15H18FN3/c1-3-11-18-15(4-2)19-14(9-10-17)12-7-5-6-8-13(12)16/h4-8,14H,2,9-10,17H2,1H3,(H,18,19). The van der Waals surface area contributed by atoms with Crippen molar-refractivity contribution in [3.8, 4) is 12.0 Å². The molecule has 0 radical (unpaired) electrons. The molecule has 0 bridgehead atoms. The maximum atomic E-state index is 13.8. The van der Waals surface area contributed by atoms with Gasteiger partial charge < -0.3 is 11.1 Å². The average Bonchev–Trinajstić information content (AvgIpc) is 2.43. The molecule has 3 N–H and O–H groups in total. The summed E-state index contributed by atoms with van der Waals surface area (Å²) in [6.45, 7) is 5.79. The summed E-state index contributed by atoms with van der Waals surface area (Å²) in [7, 11) is 0. The Morgan fingerprint density at radius 2 is 2.32 bits per heavy atom. The van der Waals surface area contributed by atoms with E-state index in [0.29, 0.717) is 24.4 Å². The van der Waals surface area contributed by atoms with Gasteiger partial charge in [-0.3, -0.25) is 0 Å². The first kappa shape index (κ1) is 14.9. The van der Waals surface area contributed by atoms with Gasteiger partial charge in [-0.25, -0.2) is 4.39 Å². The summed E-state index contributed by atoms with van der Waals surface area (Å²) in [6.07, 6.45) is 2.14. The Morgan fingerprint density at radius 3 is 2.89 bits per heavy atom. The smallest absolute Gasteiger partial charge is 0.136 e. The van der Waals surface area contributed by atoms with Crippen LogP contribution in [0.3, 0.4) is 0 Å². The second-order valence-electron chi connectivity index (χ2n) is 3.86. The summed E-state index contributed by atoms with van der Waals surface area (Å²) in [6, 6.07) is 8.95. The van der Waals surface area contributed by atoms with Crippen LogP contribution in [0, 0.1) is 17.8 Å². The number of nitrogens with one attached hydrogen (secondary N) is 1. The van der Waals surface area contributed by atoms with Crippen molar-refractivity contribution in [1.29, 1.82) is 0 Å². The lowest BCUT2D eigenvalue weighted by Gasteiger charge is -2.19. The van der Waals surface area contributed by atoms with E-state index in [1.54, 1.807) is 31.2 Å². The number of amidine groups is 1. The second-order valence-corrected chi connectivity index (χ2v) is 3.86. The van der Waals surface area contributed by atoms with Gasteiger partial charge in [-0.2, -0.15) is 4.99 Å². The molecule has 0 aliphatic rings. The summed E-state index contributed by atoms with van der Waals surface area (Å²) < 4.78 is 13.8. The Labute approximate surface area is 113 Å². The molecule has 0 aromatic heterocycles. The van der Waals surface area contributed by atoms with Gasteiger partial charge in [-0.1, -0.05) is 30.7 Å². The van der Waals surface area contributed by atoms with Crippen molar-refractivity contribution < 1.29 is 4.39 Å². The third-order valence-electron chi connectivity index (χ3n) is 2.54. The van der Waals surface area contributed by atoms with Crippen molar-refractivity contribution in [3.05, 3.63) is 48.3 Å². The third-order valence-corrected chi connectivity index (χ3v) is 2.54. The quantitative estimate of drug-likeness (QED) is 0.484. The highest BCUT2D eigenvalue weighted by Gasteiger charge is 2.15. The Morgan fingerprint density at radius 1 is 1.58 bits per heavy atom. The van der Waals surface area contributed by atoms with Crippen LogP contribution in [0.1, 0.15) is 24.9 Å². The first-order chi connectivity index (χ1) is 9.22. The predicted molar refractivity (Wildman–Crippen MR) is 77.0 cm³/mol. The lowest BCUT2D eigenvalue weighted by molar-refractivity contribution is 0.540. The van der Waals surface area contributed by atoms with Crippen LogP contribution in [0.15, 0.2) is 41.9 Å². The number of nitrogens with zero attached hydrogens (tertiary/aromatic N) is 1. The SMILES string of the molecule is C=CC(=NC#CC)NC(CCN)c1ccccc1F. The van der Waals surface area contributed by atoms with E-state index >= 15 is 0 Å². The van der Waals surface area contributed by atoms with Crippen LogP contribution in [-0.2, 0) is 0 Å². The zero-order valence-corrected chi connectivity index (χ0v) is 11.0. The number of aliphatic imine (C=N–C) groups is 1. The molecule has 0 aliphatic heterocycles. The van der Waals surface area contributed by atoms with Crippen LogP contribution in [0.2, 0.25) is 0 Å². The number of benzene rings is 1. The Kier molecular flexibility index (Phi) is 6.34. The van der Waals surface area contributed by atoms with Crippen molar-refractivity contribution in [2.24, 2.45) is 10.7 Å². The van der Waals surface area contributed by atoms with Crippen molar-refractivity contribution in [2.75, 3.05) is 6.54 Å². The van der Waals surface area contributed by atoms with E-state index < -0.39 is 0 Å². The number of halogens is 1. The zero-order chi connectivity index (χ0) is 14.1. The van der Waals surface area contributed by atoms with Crippen LogP contribution in [0.25, 0.3) is 0 Å². The summed E-state index contributed by atoms with van der Waals surface area (Å²) in [5.74, 6) is 2.91. The average molecular weight is 259 g/mol. The van der Waals surface area contributed by atoms with E-state index in [2.05, 4.69) is 28.9 Å². The molecular formula is C15H18FN3. The van der Waals surface area contributed by atoms with Gasteiger partial charge in [0.2, 0.25) is 0 Å². The number of hydrogen-bond donors (Lipinski definition) is 2. The minimum absolute atomic E-state index is 0.249. The van der Waals surface area contributed by atoms with E-state index in [-0.39, 0.29) is 11.9 Å². The highest BCUT2D eigenvalue weighted by Crippen LogP contribution is 2.19. The number of rotatable bonds is 5. The third kappa shape index (κ3) is 4.57. The van der Waals surface area contributed by atoms with Gasteiger partial charge in [0.05, 0.1) is 6.04 Å². The van der Waals surface area contributed by atoms with Crippen molar-refractivity contribution in [3.63, 3.8) is 0 Å². The maximum absolute atomic E-state index is 13.8. The van der Waals surface area contributed by atoms with Crippen LogP contribution in [-0.4, -0.2) is 12.4 Å². The van der Waals surface area contributed by atoms with Crippen LogP contribution in [0.5, 0.6) is 0 Å². The van der Waals surface area contributed by atoms with E-state index in [9.17, 15) is 4.39 Å².